The Bertz CT molecular complexity index is 875. The minimum Gasteiger partial charge on any atom is -0.375 e. The molecule has 0 bridgehead atoms. The molecule has 0 saturated carbocycles. The van der Waals surface area contributed by atoms with E-state index in [0.29, 0.717) is 38.6 Å². The quantitative estimate of drug-likeness (QED) is 0.293. The van der Waals surface area contributed by atoms with Crippen molar-refractivity contribution < 1.29 is 17.9 Å². The van der Waals surface area contributed by atoms with Crippen LogP contribution in [0.2, 0.25) is 0 Å². The molecule has 3 rings (SSSR count). The highest BCUT2D eigenvalue weighted by Gasteiger charge is 2.29. The molecule has 1 atom stereocenters. The van der Waals surface area contributed by atoms with Gasteiger partial charge in [0.1, 0.15) is 5.82 Å². The van der Waals surface area contributed by atoms with Crippen molar-refractivity contribution in [3.63, 3.8) is 0 Å². The number of ether oxygens (including phenoxy) is 1. The highest BCUT2D eigenvalue weighted by Crippen LogP contribution is 2.29. The molecule has 182 valence electrons. The third-order valence-electron chi connectivity index (χ3n) is 5.13. The third-order valence-corrected chi connectivity index (χ3v) is 5.13. The summed E-state index contributed by atoms with van der Waals surface area (Å²) in [6.07, 6.45) is -1.68. The molecule has 2 aromatic rings. The van der Waals surface area contributed by atoms with Crippen molar-refractivity contribution in [2.45, 2.75) is 39.1 Å². The largest absolute Gasteiger partial charge is 0.416 e. The third kappa shape index (κ3) is 8.65. The molecule has 1 saturated heterocycles. The number of hydrogen-bond acceptors (Lipinski definition) is 4. The van der Waals surface area contributed by atoms with Crippen LogP contribution in [0.1, 0.15) is 30.5 Å². The number of aromatic nitrogens is 1. The number of nitrogens with zero attached hydrogens (tertiary/aromatic N) is 3. The fourth-order valence-corrected chi connectivity index (χ4v) is 3.42. The van der Waals surface area contributed by atoms with Gasteiger partial charge >= 0.3 is 6.18 Å². The van der Waals surface area contributed by atoms with E-state index in [1.54, 1.807) is 0 Å². The summed E-state index contributed by atoms with van der Waals surface area (Å²) < 4.78 is 43.6. The van der Waals surface area contributed by atoms with Crippen LogP contribution >= 0.6 is 24.0 Å². The Morgan fingerprint density at radius 2 is 1.88 bits per heavy atom. The fourth-order valence-electron chi connectivity index (χ4n) is 3.42. The van der Waals surface area contributed by atoms with E-state index in [1.165, 1.54) is 12.1 Å². The Morgan fingerprint density at radius 1 is 1.15 bits per heavy atom. The second-order valence-electron chi connectivity index (χ2n) is 7.72. The summed E-state index contributed by atoms with van der Waals surface area (Å²) in [6, 6.07) is 9.28. The Balaban J connectivity index is 0.00000385. The van der Waals surface area contributed by atoms with E-state index in [1.807, 2.05) is 25.3 Å². The number of hydrogen-bond donors (Lipinski definition) is 2. The molecule has 1 aliphatic heterocycles. The first-order chi connectivity index (χ1) is 15.3. The maximum absolute atomic E-state index is 12.7. The van der Waals surface area contributed by atoms with Crippen LogP contribution in [-0.2, 0) is 23.9 Å². The standard InChI is InChI=1S/C23H30F3N5O.HI/c1-3-27-22(28-11-10-18-4-7-20(8-5-18)23(24,25)26)30-15-19-6-9-21(29-14-19)31-12-13-32-17(2)16-31;/h4-9,14,17H,3,10-13,15-16H2,1-2H3,(H2,27,28,30);1H. The second kappa shape index (κ2) is 13.0. The van der Waals surface area contributed by atoms with Gasteiger partial charge in [-0.1, -0.05) is 18.2 Å². The van der Waals surface area contributed by atoms with Crippen molar-refractivity contribution >= 4 is 35.8 Å². The zero-order valence-electron chi connectivity index (χ0n) is 18.9. The summed E-state index contributed by atoms with van der Waals surface area (Å²) >= 11 is 0. The summed E-state index contributed by atoms with van der Waals surface area (Å²) in [7, 11) is 0. The van der Waals surface area contributed by atoms with E-state index in [9.17, 15) is 13.2 Å². The van der Waals surface area contributed by atoms with Crippen molar-refractivity contribution in [3.05, 3.63) is 59.3 Å². The van der Waals surface area contributed by atoms with Crippen molar-refractivity contribution in [2.24, 2.45) is 4.99 Å². The summed E-state index contributed by atoms with van der Waals surface area (Å²) in [5, 5.41) is 6.41. The highest BCUT2D eigenvalue weighted by molar-refractivity contribution is 14.0. The maximum Gasteiger partial charge on any atom is 0.416 e. The minimum atomic E-state index is -4.31. The number of guanidine groups is 1. The number of anilines is 1. The van der Waals surface area contributed by atoms with Gasteiger partial charge in [-0.3, -0.25) is 0 Å². The van der Waals surface area contributed by atoms with Gasteiger partial charge < -0.3 is 20.3 Å². The number of benzene rings is 1. The first kappa shape index (κ1) is 27.2. The summed E-state index contributed by atoms with van der Waals surface area (Å²) in [5.41, 5.74) is 1.19. The molecule has 2 heterocycles. The molecule has 1 unspecified atom stereocenters. The maximum atomic E-state index is 12.7. The number of alkyl halides is 3. The number of pyridine rings is 1. The molecule has 0 aliphatic carbocycles. The van der Waals surface area contributed by atoms with Crippen molar-refractivity contribution in [2.75, 3.05) is 37.7 Å². The molecular formula is C23H31F3IN5O. The van der Waals surface area contributed by atoms with E-state index in [-0.39, 0.29) is 30.1 Å². The van der Waals surface area contributed by atoms with E-state index in [4.69, 9.17) is 4.74 Å². The van der Waals surface area contributed by atoms with Crippen LogP contribution < -0.4 is 15.5 Å². The van der Waals surface area contributed by atoms with Gasteiger partial charge in [0.05, 0.1) is 24.8 Å². The zero-order valence-corrected chi connectivity index (χ0v) is 21.2. The Morgan fingerprint density at radius 3 is 2.48 bits per heavy atom. The second-order valence-corrected chi connectivity index (χ2v) is 7.72. The van der Waals surface area contributed by atoms with Gasteiger partial charge in [-0.2, -0.15) is 13.2 Å². The topological polar surface area (TPSA) is 61.8 Å². The van der Waals surface area contributed by atoms with Gasteiger partial charge in [-0.15, -0.1) is 24.0 Å². The van der Waals surface area contributed by atoms with Gasteiger partial charge in [0.2, 0.25) is 0 Å². The fraction of sp³-hybridized carbons (Fsp3) is 0.478. The predicted octanol–water partition coefficient (Wildman–Crippen LogP) is 4.24. The molecule has 33 heavy (non-hydrogen) atoms. The van der Waals surface area contributed by atoms with Gasteiger partial charge in [0.25, 0.3) is 0 Å². The van der Waals surface area contributed by atoms with Crippen molar-refractivity contribution in [1.82, 2.24) is 15.6 Å². The molecule has 6 nitrogen and oxygen atoms in total. The average molecular weight is 577 g/mol. The smallest absolute Gasteiger partial charge is 0.375 e. The number of nitrogens with one attached hydrogen (secondary N) is 2. The minimum absolute atomic E-state index is 0. The van der Waals surface area contributed by atoms with Crippen LogP contribution in [0.15, 0.2) is 47.6 Å². The van der Waals surface area contributed by atoms with E-state index in [2.05, 4.69) is 32.4 Å². The number of aliphatic imine (C=N–C) groups is 1. The number of halogens is 4. The highest BCUT2D eigenvalue weighted by atomic mass is 127. The number of rotatable bonds is 7. The van der Waals surface area contributed by atoms with Crippen molar-refractivity contribution in [3.8, 4) is 0 Å². The van der Waals surface area contributed by atoms with Gasteiger partial charge in [-0.25, -0.2) is 9.98 Å². The predicted molar refractivity (Wildman–Crippen MR) is 135 cm³/mol. The van der Waals surface area contributed by atoms with Crippen LogP contribution in [0.3, 0.4) is 0 Å². The first-order valence-corrected chi connectivity index (χ1v) is 10.8. The van der Waals surface area contributed by atoms with Crippen LogP contribution in [0.25, 0.3) is 0 Å². The normalized spacial score (nSPS) is 16.8. The molecule has 0 amide bonds. The van der Waals surface area contributed by atoms with Crippen LogP contribution in [-0.4, -0.2) is 49.8 Å². The molecule has 1 aromatic carbocycles. The lowest BCUT2D eigenvalue weighted by atomic mass is 10.1. The van der Waals surface area contributed by atoms with E-state index < -0.39 is 11.7 Å². The van der Waals surface area contributed by atoms with E-state index >= 15 is 0 Å². The van der Waals surface area contributed by atoms with E-state index in [0.717, 1.165) is 42.2 Å². The summed E-state index contributed by atoms with van der Waals surface area (Å²) in [4.78, 5) is 11.4. The Kier molecular flexibility index (Phi) is 10.7. The zero-order chi connectivity index (χ0) is 23.0. The number of morpholine rings is 1. The lowest BCUT2D eigenvalue weighted by molar-refractivity contribution is -0.137. The molecule has 2 N–H and O–H groups in total. The molecule has 0 radical (unpaired) electrons. The van der Waals surface area contributed by atoms with Gasteiger partial charge in [-0.05, 0) is 49.6 Å². The molecule has 1 fully saturated rings. The molecule has 0 spiro atoms. The molecule has 1 aromatic heterocycles. The lowest BCUT2D eigenvalue weighted by Crippen LogP contribution is -2.41. The summed E-state index contributed by atoms with van der Waals surface area (Å²) in [5.74, 6) is 1.60. The average Bonchev–Trinajstić information content (AvgIpc) is 2.77. The lowest BCUT2D eigenvalue weighted by Gasteiger charge is -2.32. The Hall–Kier alpha value is -2.08. The van der Waals surface area contributed by atoms with Gasteiger partial charge in [0.15, 0.2) is 5.96 Å². The van der Waals surface area contributed by atoms with Crippen LogP contribution in [0.5, 0.6) is 0 Å². The molecular weight excluding hydrogens is 546 g/mol. The van der Waals surface area contributed by atoms with Crippen molar-refractivity contribution in [1.29, 1.82) is 0 Å². The summed E-state index contributed by atoms with van der Waals surface area (Å²) in [6.45, 7) is 8.15. The molecule has 10 heteroatoms. The van der Waals surface area contributed by atoms with Gasteiger partial charge in [0, 0.05) is 32.4 Å². The SMILES string of the molecule is CCNC(=NCc1ccc(N2CCOC(C)C2)nc1)NCCc1ccc(C(F)(F)F)cc1.I. The van der Waals surface area contributed by atoms with Crippen LogP contribution in [0.4, 0.5) is 19.0 Å². The van der Waals surface area contributed by atoms with Crippen LogP contribution in [0, 0.1) is 0 Å². The molecule has 1 aliphatic rings. The monoisotopic (exact) mass is 577 g/mol. The Labute approximate surface area is 210 Å². The first-order valence-electron chi connectivity index (χ1n) is 10.8.